The summed E-state index contributed by atoms with van der Waals surface area (Å²) in [6.07, 6.45) is 3.85. The Balaban J connectivity index is 1.94. The van der Waals surface area contributed by atoms with Gasteiger partial charge in [0, 0.05) is 23.9 Å². The van der Waals surface area contributed by atoms with Crippen LogP contribution in [0, 0.1) is 5.82 Å². The number of nitrogens with two attached hydrogens (primary N) is 1. The van der Waals surface area contributed by atoms with Crippen LogP contribution in [0.4, 0.5) is 4.39 Å². The Labute approximate surface area is 122 Å². The van der Waals surface area contributed by atoms with E-state index in [0.29, 0.717) is 17.4 Å². The number of rotatable bonds is 5. The molecule has 1 aromatic rings. The van der Waals surface area contributed by atoms with Gasteiger partial charge in [-0.1, -0.05) is 17.6 Å². The maximum absolute atomic E-state index is 13.2. The van der Waals surface area contributed by atoms with Gasteiger partial charge in [0.05, 0.1) is 0 Å². The first-order valence-corrected chi connectivity index (χ1v) is 7.84. The van der Waals surface area contributed by atoms with Gasteiger partial charge in [-0.3, -0.25) is 0 Å². The van der Waals surface area contributed by atoms with E-state index in [0.717, 1.165) is 12.1 Å². The molecule has 110 valence electrons. The first-order valence-electron chi connectivity index (χ1n) is 6.79. The van der Waals surface area contributed by atoms with Gasteiger partial charge in [-0.05, 0) is 36.3 Å². The average Bonchev–Trinajstić information content (AvgIpc) is 2.49. The first-order chi connectivity index (χ1) is 9.70. The molecule has 20 heavy (non-hydrogen) atoms. The minimum absolute atomic E-state index is 0.0617. The van der Waals surface area contributed by atoms with E-state index in [9.17, 15) is 4.39 Å². The minimum Gasteiger partial charge on any atom is -0.409 e. The molecule has 2 rings (SSSR count). The van der Waals surface area contributed by atoms with Crippen molar-refractivity contribution in [3.05, 3.63) is 35.1 Å². The highest BCUT2D eigenvalue weighted by Gasteiger charge is 2.14. The highest BCUT2D eigenvalue weighted by molar-refractivity contribution is 7.99. The van der Waals surface area contributed by atoms with Crippen LogP contribution in [-0.2, 0) is 6.54 Å². The summed E-state index contributed by atoms with van der Waals surface area (Å²) in [5, 5.41) is 15.7. The summed E-state index contributed by atoms with van der Waals surface area (Å²) in [6, 6.07) is 4.35. The number of hydrogen-bond donors (Lipinski definition) is 3. The van der Waals surface area contributed by atoms with E-state index in [1.807, 2.05) is 11.8 Å². The molecule has 1 unspecified atom stereocenters. The molecule has 1 aromatic carbocycles. The highest BCUT2D eigenvalue weighted by Crippen LogP contribution is 2.24. The summed E-state index contributed by atoms with van der Waals surface area (Å²) in [6.45, 7) is 1.51. The van der Waals surface area contributed by atoms with Crippen molar-refractivity contribution in [3.63, 3.8) is 0 Å². The molecule has 0 amide bonds. The van der Waals surface area contributed by atoms with Crippen molar-refractivity contribution in [2.24, 2.45) is 10.9 Å². The Morgan fingerprint density at radius 1 is 1.50 bits per heavy atom. The maximum atomic E-state index is 13.2. The van der Waals surface area contributed by atoms with Gasteiger partial charge < -0.3 is 16.3 Å². The lowest BCUT2D eigenvalue weighted by molar-refractivity contribution is 0.318. The van der Waals surface area contributed by atoms with E-state index in [1.165, 1.54) is 37.1 Å². The molecule has 0 aliphatic carbocycles. The number of oxime groups is 1. The number of hydrogen-bond acceptors (Lipinski definition) is 4. The Morgan fingerprint density at radius 2 is 2.35 bits per heavy atom. The molecule has 1 heterocycles. The third kappa shape index (κ3) is 4.11. The molecular weight excluding hydrogens is 277 g/mol. The lowest BCUT2D eigenvalue weighted by Crippen LogP contribution is -2.27. The summed E-state index contributed by atoms with van der Waals surface area (Å²) >= 11 is 2.00. The van der Waals surface area contributed by atoms with Crippen LogP contribution in [0.2, 0.25) is 0 Å². The molecular formula is C14H20FN3OS. The van der Waals surface area contributed by atoms with Gasteiger partial charge in [0.15, 0.2) is 5.84 Å². The fourth-order valence-electron chi connectivity index (χ4n) is 2.33. The zero-order valence-electron chi connectivity index (χ0n) is 11.3. The van der Waals surface area contributed by atoms with Crippen molar-refractivity contribution in [1.82, 2.24) is 5.32 Å². The van der Waals surface area contributed by atoms with Gasteiger partial charge in [-0.15, -0.1) is 0 Å². The third-order valence-corrected chi connectivity index (χ3v) is 4.82. The summed E-state index contributed by atoms with van der Waals surface area (Å²) in [5.41, 5.74) is 6.86. The topological polar surface area (TPSA) is 70.6 Å². The predicted molar refractivity (Wildman–Crippen MR) is 80.7 cm³/mol. The van der Waals surface area contributed by atoms with E-state index >= 15 is 0 Å². The highest BCUT2D eigenvalue weighted by atomic mass is 32.2. The van der Waals surface area contributed by atoms with Gasteiger partial charge in [0.25, 0.3) is 0 Å². The van der Waals surface area contributed by atoms with Crippen LogP contribution in [0.25, 0.3) is 0 Å². The second-order valence-electron chi connectivity index (χ2n) is 4.91. The second-order valence-corrected chi connectivity index (χ2v) is 6.31. The summed E-state index contributed by atoms with van der Waals surface area (Å²) in [4.78, 5) is 0. The number of nitrogens with zero attached hydrogens (tertiary/aromatic N) is 1. The lowest BCUT2D eigenvalue weighted by Gasteiger charge is -2.21. The molecule has 1 saturated heterocycles. The molecule has 1 aliphatic heterocycles. The molecule has 0 radical (unpaired) electrons. The third-order valence-electron chi connectivity index (χ3n) is 3.42. The lowest BCUT2D eigenvalue weighted by atomic mass is 10.1. The van der Waals surface area contributed by atoms with Crippen LogP contribution in [0.15, 0.2) is 23.4 Å². The predicted octanol–water partition coefficient (Wildman–Crippen LogP) is 2.30. The van der Waals surface area contributed by atoms with Crippen molar-refractivity contribution in [2.75, 3.05) is 12.3 Å². The molecule has 1 fully saturated rings. The van der Waals surface area contributed by atoms with E-state index in [2.05, 4.69) is 10.5 Å². The molecule has 0 aromatic heterocycles. The number of nitrogens with one attached hydrogen (secondary N) is 1. The molecule has 0 saturated carbocycles. The van der Waals surface area contributed by atoms with Crippen LogP contribution in [0.5, 0.6) is 0 Å². The van der Waals surface area contributed by atoms with E-state index < -0.39 is 5.82 Å². The van der Waals surface area contributed by atoms with Gasteiger partial charge in [-0.25, -0.2) is 4.39 Å². The average molecular weight is 297 g/mol. The Hall–Kier alpha value is -1.27. The summed E-state index contributed by atoms with van der Waals surface area (Å²) in [5.74, 6) is 0.782. The zero-order valence-corrected chi connectivity index (χ0v) is 12.1. The smallest absolute Gasteiger partial charge is 0.170 e. The number of halogens is 1. The van der Waals surface area contributed by atoms with Gasteiger partial charge >= 0.3 is 0 Å². The Bertz CT molecular complexity index is 475. The van der Waals surface area contributed by atoms with Crippen molar-refractivity contribution in [3.8, 4) is 0 Å². The summed E-state index contributed by atoms with van der Waals surface area (Å²) in [7, 11) is 0. The van der Waals surface area contributed by atoms with Crippen molar-refractivity contribution < 1.29 is 9.60 Å². The van der Waals surface area contributed by atoms with Crippen LogP contribution in [0.3, 0.4) is 0 Å². The molecule has 0 bridgehead atoms. The van der Waals surface area contributed by atoms with E-state index in [-0.39, 0.29) is 5.84 Å². The molecule has 6 heteroatoms. The van der Waals surface area contributed by atoms with Crippen molar-refractivity contribution in [1.29, 1.82) is 0 Å². The van der Waals surface area contributed by atoms with Gasteiger partial charge in [0.2, 0.25) is 0 Å². The van der Waals surface area contributed by atoms with Crippen molar-refractivity contribution >= 4 is 17.6 Å². The minimum atomic E-state index is -0.391. The first kappa shape index (κ1) is 15.1. The summed E-state index contributed by atoms with van der Waals surface area (Å²) < 4.78 is 13.2. The Kier molecular flexibility index (Phi) is 5.67. The largest absolute Gasteiger partial charge is 0.409 e. The molecule has 4 N–H and O–H groups in total. The van der Waals surface area contributed by atoms with Crippen molar-refractivity contribution in [2.45, 2.75) is 31.1 Å². The van der Waals surface area contributed by atoms with Crippen LogP contribution < -0.4 is 11.1 Å². The quantitative estimate of drug-likeness (QED) is 0.337. The molecule has 0 spiro atoms. The standard InChI is InChI=1S/C14H20FN3OS/c15-11-5-4-10(13(7-11)14(16)18-19)8-17-9-12-3-1-2-6-20-12/h4-5,7,12,17,19H,1-3,6,8-9H2,(H2,16,18). The van der Waals surface area contributed by atoms with Crippen LogP contribution >= 0.6 is 11.8 Å². The van der Waals surface area contributed by atoms with E-state index in [1.54, 1.807) is 6.07 Å². The normalized spacial score (nSPS) is 20.1. The monoisotopic (exact) mass is 297 g/mol. The molecule has 1 atom stereocenters. The maximum Gasteiger partial charge on any atom is 0.170 e. The molecule has 4 nitrogen and oxygen atoms in total. The fraction of sp³-hybridized carbons (Fsp3) is 0.500. The van der Waals surface area contributed by atoms with Crippen LogP contribution in [-0.4, -0.2) is 28.6 Å². The van der Waals surface area contributed by atoms with Crippen LogP contribution in [0.1, 0.15) is 30.4 Å². The second kappa shape index (κ2) is 7.50. The van der Waals surface area contributed by atoms with Gasteiger partial charge in [-0.2, -0.15) is 11.8 Å². The zero-order chi connectivity index (χ0) is 14.4. The number of amidine groups is 1. The van der Waals surface area contributed by atoms with Gasteiger partial charge in [0.1, 0.15) is 5.82 Å². The SMILES string of the molecule is N/C(=N/O)c1cc(F)ccc1CNCC1CCCCS1. The number of benzene rings is 1. The Morgan fingerprint density at radius 3 is 3.05 bits per heavy atom. The fourth-order valence-corrected chi connectivity index (χ4v) is 3.60. The van der Waals surface area contributed by atoms with E-state index in [4.69, 9.17) is 10.9 Å². The molecule has 1 aliphatic rings. The number of thioether (sulfide) groups is 1.